The number of nitrogens with zero attached hydrogens (tertiary/aromatic N) is 3. The zero-order valence-electron chi connectivity index (χ0n) is 14.1. The van der Waals surface area contributed by atoms with Crippen LogP contribution in [0.15, 0.2) is 23.3 Å². The second kappa shape index (κ2) is 7.65. The lowest BCUT2D eigenvalue weighted by Gasteiger charge is -2.18. The van der Waals surface area contributed by atoms with Crippen LogP contribution in [0, 0.1) is 12.8 Å². The fourth-order valence-electron chi connectivity index (χ4n) is 2.24. The molecule has 2 aromatic rings. The lowest BCUT2D eigenvalue weighted by Crippen LogP contribution is -2.45. The molecule has 3 N–H and O–H groups in total. The van der Waals surface area contributed by atoms with Crippen LogP contribution in [0.2, 0.25) is 0 Å². The SMILES string of the molecule is Cc1nc(-c2ncccn2)[nH]c(=O)c1CC(=O)N[C@H](C(=O)O)C(C)C. The van der Waals surface area contributed by atoms with Crippen LogP contribution in [-0.4, -0.2) is 43.0 Å². The van der Waals surface area contributed by atoms with E-state index in [1.54, 1.807) is 26.8 Å². The molecule has 1 atom stereocenters. The van der Waals surface area contributed by atoms with Crippen molar-refractivity contribution in [3.05, 3.63) is 40.1 Å². The summed E-state index contributed by atoms with van der Waals surface area (Å²) in [5.74, 6) is -1.48. The fraction of sp³-hybridized carbons (Fsp3) is 0.375. The largest absolute Gasteiger partial charge is 0.480 e. The van der Waals surface area contributed by atoms with Crippen molar-refractivity contribution < 1.29 is 14.7 Å². The molecule has 0 saturated heterocycles. The summed E-state index contributed by atoms with van der Waals surface area (Å²) in [5, 5.41) is 11.5. The van der Waals surface area contributed by atoms with E-state index in [9.17, 15) is 14.4 Å². The highest BCUT2D eigenvalue weighted by atomic mass is 16.4. The molecular weight excluding hydrogens is 326 g/mol. The third-order valence-corrected chi connectivity index (χ3v) is 3.59. The Bertz CT molecular complexity index is 832. The molecule has 0 radical (unpaired) electrons. The molecule has 1 amide bonds. The molecule has 0 aromatic carbocycles. The number of carboxylic acid groups (broad SMARTS) is 1. The van der Waals surface area contributed by atoms with Crippen molar-refractivity contribution in [2.45, 2.75) is 33.2 Å². The van der Waals surface area contributed by atoms with Crippen LogP contribution in [0.1, 0.15) is 25.1 Å². The zero-order valence-corrected chi connectivity index (χ0v) is 14.1. The van der Waals surface area contributed by atoms with Crippen molar-refractivity contribution in [2.75, 3.05) is 0 Å². The normalized spacial score (nSPS) is 12.0. The van der Waals surface area contributed by atoms with Crippen LogP contribution in [0.3, 0.4) is 0 Å². The summed E-state index contributed by atoms with van der Waals surface area (Å²) in [6.45, 7) is 4.97. The highest BCUT2D eigenvalue weighted by Gasteiger charge is 2.24. The van der Waals surface area contributed by atoms with Gasteiger partial charge >= 0.3 is 5.97 Å². The molecule has 9 heteroatoms. The second-order valence-electron chi connectivity index (χ2n) is 5.86. The Hall–Kier alpha value is -3.10. The smallest absolute Gasteiger partial charge is 0.326 e. The number of aliphatic carboxylic acids is 1. The standard InChI is InChI=1S/C16H19N5O4/c1-8(2)12(16(24)25)20-11(22)7-10-9(3)19-14(21-15(10)23)13-17-5-4-6-18-13/h4-6,8,12H,7H2,1-3H3,(H,20,22)(H,24,25)(H,19,21,23)/t12-/m0/s1. The second-order valence-corrected chi connectivity index (χ2v) is 5.86. The molecular formula is C16H19N5O4. The van der Waals surface area contributed by atoms with Crippen molar-refractivity contribution in [3.8, 4) is 11.6 Å². The van der Waals surface area contributed by atoms with Gasteiger partial charge in [0.1, 0.15) is 6.04 Å². The van der Waals surface area contributed by atoms with Gasteiger partial charge in [-0.2, -0.15) is 0 Å². The van der Waals surface area contributed by atoms with Gasteiger partial charge < -0.3 is 15.4 Å². The number of aromatic nitrogens is 4. The van der Waals surface area contributed by atoms with Crippen molar-refractivity contribution in [3.63, 3.8) is 0 Å². The Morgan fingerprint density at radius 1 is 1.28 bits per heavy atom. The van der Waals surface area contributed by atoms with E-state index in [4.69, 9.17) is 5.11 Å². The number of amides is 1. The zero-order chi connectivity index (χ0) is 18.6. The molecule has 0 bridgehead atoms. The number of H-pyrrole nitrogens is 1. The molecule has 0 unspecified atom stereocenters. The highest BCUT2D eigenvalue weighted by molar-refractivity contribution is 5.85. The van der Waals surface area contributed by atoms with Crippen molar-refractivity contribution in [2.24, 2.45) is 5.92 Å². The van der Waals surface area contributed by atoms with E-state index in [1.807, 2.05) is 0 Å². The quantitative estimate of drug-likeness (QED) is 0.684. The summed E-state index contributed by atoms with van der Waals surface area (Å²) in [6.07, 6.45) is 2.79. The number of hydrogen-bond acceptors (Lipinski definition) is 6. The van der Waals surface area contributed by atoms with Crippen LogP contribution < -0.4 is 10.9 Å². The number of carbonyl (C=O) groups is 2. The summed E-state index contributed by atoms with van der Waals surface area (Å²) in [5.41, 5.74) is 0.0457. The molecule has 2 heterocycles. The van der Waals surface area contributed by atoms with Gasteiger partial charge in [0.2, 0.25) is 5.91 Å². The number of carboxylic acids is 1. The molecule has 0 fully saturated rings. The Morgan fingerprint density at radius 3 is 2.44 bits per heavy atom. The lowest BCUT2D eigenvalue weighted by atomic mass is 10.0. The third-order valence-electron chi connectivity index (χ3n) is 3.59. The predicted molar refractivity (Wildman–Crippen MR) is 88.7 cm³/mol. The maximum absolute atomic E-state index is 12.3. The van der Waals surface area contributed by atoms with Crippen molar-refractivity contribution in [1.82, 2.24) is 25.3 Å². The average Bonchev–Trinajstić information content (AvgIpc) is 2.56. The first kappa shape index (κ1) is 18.2. The van der Waals surface area contributed by atoms with E-state index in [1.165, 1.54) is 12.4 Å². The molecule has 0 spiro atoms. The maximum Gasteiger partial charge on any atom is 0.326 e. The van der Waals surface area contributed by atoms with Crippen LogP contribution in [0.4, 0.5) is 0 Å². The monoisotopic (exact) mass is 345 g/mol. The molecule has 2 rings (SSSR count). The number of rotatable bonds is 6. The first-order valence-corrected chi connectivity index (χ1v) is 7.69. The van der Waals surface area contributed by atoms with E-state index in [-0.39, 0.29) is 29.6 Å². The molecule has 0 aliphatic rings. The number of aromatic amines is 1. The fourth-order valence-corrected chi connectivity index (χ4v) is 2.24. The Morgan fingerprint density at radius 2 is 1.92 bits per heavy atom. The summed E-state index contributed by atoms with van der Waals surface area (Å²) >= 11 is 0. The van der Waals surface area contributed by atoms with Gasteiger partial charge in [0.05, 0.1) is 6.42 Å². The van der Waals surface area contributed by atoms with Crippen LogP contribution in [0.5, 0.6) is 0 Å². The van der Waals surface area contributed by atoms with Gasteiger partial charge in [-0.25, -0.2) is 19.7 Å². The molecule has 25 heavy (non-hydrogen) atoms. The minimum atomic E-state index is -1.12. The van der Waals surface area contributed by atoms with Gasteiger partial charge in [-0.3, -0.25) is 9.59 Å². The maximum atomic E-state index is 12.3. The van der Waals surface area contributed by atoms with Crippen LogP contribution in [-0.2, 0) is 16.0 Å². The van der Waals surface area contributed by atoms with Gasteiger partial charge in [0, 0.05) is 23.7 Å². The number of hydrogen-bond donors (Lipinski definition) is 3. The minimum Gasteiger partial charge on any atom is -0.480 e. The summed E-state index contributed by atoms with van der Waals surface area (Å²) in [4.78, 5) is 50.3. The van der Waals surface area contributed by atoms with Crippen molar-refractivity contribution in [1.29, 1.82) is 0 Å². The molecule has 132 valence electrons. The van der Waals surface area contributed by atoms with E-state index in [0.29, 0.717) is 5.69 Å². The van der Waals surface area contributed by atoms with Gasteiger partial charge in [-0.15, -0.1) is 0 Å². The van der Waals surface area contributed by atoms with E-state index in [2.05, 4.69) is 25.3 Å². The molecule has 0 saturated carbocycles. The summed E-state index contributed by atoms with van der Waals surface area (Å²) in [7, 11) is 0. The van der Waals surface area contributed by atoms with Gasteiger partial charge in [0.15, 0.2) is 11.6 Å². The highest BCUT2D eigenvalue weighted by Crippen LogP contribution is 2.09. The van der Waals surface area contributed by atoms with E-state index < -0.39 is 23.5 Å². The van der Waals surface area contributed by atoms with Gasteiger partial charge in [-0.1, -0.05) is 13.8 Å². The lowest BCUT2D eigenvalue weighted by molar-refractivity contribution is -0.143. The first-order valence-electron chi connectivity index (χ1n) is 7.69. The minimum absolute atomic E-state index is 0.171. The average molecular weight is 345 g/mol. The van der Waals surface area contributed by atoms with Crippen molar-refractivity contribution >= 4 is 11.9 Å². The molecule has 2 aromatic heterocycles. The van der Waals surface area contributed by atoms with Crippen LogP contribution >= 0.6 is 0 Å². The van der Waals surface area contributed by atoms with E-state index >= 15 is 0 Å². The Balaban J connectivity index is 2.22. The Labute approximate surface area is 143 Å². The Kier molecular flexibility index (Phi) is 5.58. The summed E-state index contributed by atoms with van der Waals surface area (Å²) < 4.78 is 0. The van der Waals surface area contributed by atoms with E-state index in [0.717, 1.165) is 0 Å². The number of aryl methyl sites for hydroxylation is 1. The molecule has 9 nitrogen and oxygen atoms in total. The van der Waals surface area contributed by atoms with Crippen LogP contribution in [0.25, 0.3) is 11.6 Å². The number of nitrogens with one attached hydrogen (secondary N) is 2. The predicted octanol–water partition coefficient (Wildman–Crippen LogP) is 0.303. The summed E-state index contributed by atoms with van der Waals surface area (Å²) in [6, 6.07) is 0.623. The topological polar surface area (TPSA) is 138 Å². The first-order chi connectivity index (χ1) is 11.8. The molecule has 0 aliphatic heterocycles. The number of carbonyl (C=O) groups excluding carboxylic acids is 1. The molecule has 0 aliphatic carbocycles. The van der Waals surface area contributed by atoms with Gasteiger partial charge in [0.25, 0.3) is 5.56 Å². The third kappa shape index (κ3) is 4.46. The van der Waals surface area contributed by atoms with Gasteiger partial charge in [-0.05, 0) is 18.9 Å².